The fourth-order valence-corrected chi connectivity index (χ4v) is 4.34. The highest BCUT2D eigenvalue weighted by molar-refractivity contribution is 7.14. The molecule has 2 aromatic rings. The fourth-order valence-electron chi connectivity index (χ4n) is 3.29. The van der Waals surface area contributed by atoms with Crippen molar-refractivity contribution in [1.29, 1.82) is 0 Å². The number of halogens is 1. The maximum atomic E-state index is 13.1. The zero-order chi connectivity index (χ0) is 17.4. The van der Waals surface area contributed by atoms with Crippen LogP contribution in [0.15, 0.2) is 29.6 Å². The molecule has 1 N–H and O–H groups in total. The highest BCUT2D eigenvalue weighted by Gasteiger charge is 2.43. The first-order chi connectivity index (χ1) is 11.3. The van der Waals surface area contributed by atoms with E-state index in [-0.39, 0.29) is 11.3 Å². The maximum absolute atomic E-state index is 13.1. The van der Waals surface area contributed by atoms with Crippen LogP contribution in [0.5, 0.6) is 0 Å². The van der Waals surface area contributed by atoms with Crippen LogP contribution in [-0.4, -0.2) is 10.9 Å². The number of anilines is 1. The van der Waals surface area contributed by atoms with E-state index in [0.717, 1.165) is 36.9 Å². The van der Waals surface area contributed by atoms with E-state index in [9.17, 15) is 4.79 Å². The van der Waals surface area contributed by atoms with Crippen molar-refractivity contribution in [2.75, 3.05) is 5.32 Å². The lowest BCUT2D eigenvalue weighted by molar-refractivity contribution is -0.121. The minimum absolute atomic E-state index is 0.0132. The van der Waals surface area contributed by atoms with Gasteiger partial charge in [-0.15, -0.1) is 11.3 Å². The van der Waals surface area contributed by atoms with E-state index >= 15 is 0 Å². The Hall–Kier alpha value is -1.39. The molecule has 128 valence electrons. The summed E-state index contributed by atoms with van der Waals surface area (Å²) in [6.45, 7) is 6.37. The molecular weight excluding hydrogens is 340 g/mol. The number of hydrogen-bond acceptors (Lipinski definition) is 3. The standard InChI is InChI=1S/C19H23ClN2OS/c1-18(2,3)15-12-24-17(21-15)22-16(23)19(10-4-5-11-19)13-6-8-14(20)9-7-13/h6-9,12H,4-5,10-11H2,1-3H3,(H,21,22,23). The van der Waals surface area contributed by atoms with Gasteiger partial charge in [-0.25, -0.2) is 4.98 Å². The number of hydrogen-bond donors (Lipinski definition) is 1. The molecule has 1 heterocycles. The molecule has 5 heteroatoms. The molecule has 1 aromatic heterocycles. The van der Waals surface area contributed by atoms with Crippen LogP contribution >= 0.6 is 22.9 Å². The van der Waals surface area contributed by atoms with Crippen LogP contribution in [0.1, 0.15) is 57.7 Å². The predicted octanol–water partition coefficient (Wildman–Crippen LogP) is 5.54. The first-order valence-corrected chi connectivity index (χ1v) is 9.60. The number of rotatable bonds is 3. The van der Waals surface area contributed by atoms with Crippen molar-refractivity contribution >= 4 is 34.0 Å². The first kappa shape index (κ1) is 17.4. The molecule has 3 nitrogen and oxygen atoms in total. The van der Waals surface area contributed by atoms with Gasteiger partial charge in [0.25, 0.3) is 0 Å². The summed E-state index contributed by atoms with van der Waals surface area (Å²) in [6.07, 6.45) is 3.89. The van der Waals surface area contributed by atoms with Gasteiger partial charge < -0.3 is 5.32 Å². The monoisotopic (exact) mass is 362 g/mol. The number of nitrogens with zero attached hydrogens (tertiary/aromatic N) is 1. The number of benzene rings is 1. The van der Waals surface area contributed by atoms with Crippen LogP contribution in [0.4, 0.5) is 5.13 Å². The Morgan fingerprint density at radius 1 is 1.21 bits per heavy atom. The molecule has 0 saturated heterocycles. The normalized spacial score (nSPS) is 17.0. The molecule has 3 rings (SSSR count). The van der Waals surface area contributed by atoms with Crippen molar-refractivity contribution in [3.05, 3.63) is 45.9 Å². The summed E-state index contributed by atoms with van der Waals surface area (Å²) >= 11 is 7.51. The van der Waals surface area contributed by atoms with Crippen molar-refractivity contribution in [2.24, 2.45) is 0 Å². The molecule has 1 aliphatic carbocycles. The van der Waals surface area contributed by atoms with E-state index in [1.165, 1.54) is 11.3 Å². The van der Waals surface area contributed by atoms with E-state index in [4.69, 9.17) is 11.6 Å². The SMILES string of the molecule is CC(C)(C)c1csc(NC(=O)C2(c3ccc(Cl)cc3)CCCC2)n1. The van der Waals surface area contributed by atoms with Crippen LogP contribution in [0.3, 0.4) is 0 Å². The Bertz CT molecular complexity index is 725. The van der Waals surface area contributed by atoms with Crippen molar-refractivity contribution < 1.29 is 4.79 Å². The Kier molecular flexibility index (Phi) is 4.71. The third kappa shape index (κ3) is 3.35. The molecule has 0 radical (unpaired) electrons. The molecule has 1 aromatic carbocycles. The number of thiazole rings is 1. The van der Waals surface area contributed by atoms with Gasteiger partial charge in [0.1, 0.15) is 0 Å². The second-order valence-electron chi connectivity index (χ2n) is 7.54. The van der Waals surface area contributed by atoms with Gasteiger partial charge in [0.2, 0.25) is 5.91 Å². The molecule has 0 spiro atoms. The number of carbonyl (C=O) groups excluding carboxylic acids is 1. The molecule has 0 aliphatic heterocycles. The number of nitrogens with one attached hydrogen (secondary N) is 1. The molecule has 1 aliphatic rings. The van der Waals surface area contributed by atoms with E-state index in [1.54, 1.807) is 0 Å². The minimum Gasteiger partial charge on any atom is -0.301 e. The molecule has 1 saturated carbocycles. The van der Waals surface area contributed by atoms with Gasteiger partial charge in [-0.2, -0.15) is 0 Å². The topological polar surface area (TPSA) is 42.0 Å². The Morgan fingerprint density at radius 2 is 1.83 bits per heavy atom. The lowest BCUT2D eigenvalue weighted by Gasteiger charge is -2.28. The van der Waals surface area contributed by atoms with Gasteiger partial charge >= 0.3 is 0 Å². The third-order valence-electron chi connectivity index (χ3n) is 4.78. The van der Waals surface area contributed by atoms with Crippen molar-refractivity contribution in [3.8, 4) is 0 Å². The zero-order valence-electron chi connectivity index (χ0n) is 14.4. The van der Waals surface area contributed by atoms with E-state index in [1.807, 2.05) is 29.6 Å². The Labute approximate surface area is 152 Å². The van der Waals surface area contributed by atoms with Crippen LogP contribution in [0.25, 0.3) is 0 Å². The molecule has 1 amide bonds. The smallest absolute Gasteiger partial charge is 0.236 e. The largest absolute Gasteiger partial charge is 0.301 e. The maximum Gasteiger partial charge on any atom is 0.236 e. The average molecular weight is 363 g/mol. The van der Waals surface area contributed by atoms with Gasteiger partial charge in [0.15, 0.2) is 5.13 Å². The summed E-state index contributed by atoms with van der Waals surface area (Å²) in [4.78, 5) is 17.7. The summed E-state index contributed by atoms with van der Waals surface area (Å²) in [5, 5.41) is 6.47. The quantitative estimate of drug-likeness (QED) is 0.778. The average Bonchev–Trinajstić information content (AvgIpc) is 3.17. The van der Waals surface area contributed by atoms with Crippen LogP contribution in [0.2, 0.25) is 5.02 Å². The molecule has 0 atom stereocenters. The molecule has 1 fully saturated rings. The van der Waals surface area contributed by atoms with Crippen molar-refractivity contribution in [2.45, 2.75) is 57.3 Å². The van der Waals surface area contributed by atoms with Gasteiger partial charge in [0, 0.05) is 15.8 Å². The lowest BCUT2D eigenvalue weighted by Crippen LogP contribution is -2.38. The van der Waals surface area contributed by atoms with Crippen LogP contribution in [-0.2, 0) is 15.6 Å². The predicted molar refractivity (Wildman–Crippen MR) is 101 cm³/mol. The summed E-state index contributed by atoms with van der Waals surface area (Å²) in [7, 11) is 0. The summed E-state index contributed by atoms with van der Waals surface area (Å²) < 4.78 is 0. The molecule has 0 bridgehead atoms. The molecular formula is C19H23ClN2OS. The molecule has 0 unspecified atom stereocenters. The van der Waals surface area contributed by atoms with Crippen molar-refractivity contribution in [1.82, 2.24) is 4.98 Å². The lowest BCUT2D eigenvalue weighted by atomic mass is 9.78. The van der Waals surface area contributed by atoms with Crippen molar-refractivity contribution in [3.63, 3.8) is 0 Å². The molecule has 24 heavy (non-hydrogen) atoms. The Morgan fingerprint density at radius 3 is 2.38 bits per heavy atom. The third-order valence-corrected chi connectivity index (χ3v) is 5.79. The first-order valence-electron chi connectivity index (χ1n) is 8.35. The van der Waals surface area contributed by atoms with Gasteiger partial charge in [0.05, 0.1) is 11.1 Å². The second kappa shape index (κ2) is 6.49. The zero-order valence-corrected chi connectivity index (χ0v) is 15.9. The summed E-state index contributed by atoms with van der Waals surface area (Å²) in [5.41, 5.74) is 1.59. The van der Waals surface area contributed by atoms with E-state index in [2.05, 4.69) is 31.1 Å². The highest BCUT2D eigenvalue weighted by atomic mass is 35.5. The van der Waals surface area contributed by atoms with E-state index in [0.29, 0.717) is 10.2 Å². The fraction of sp³-hybridized carbons (Fsp3) is 0.474. The van der Waals surface area contributed by atoms with Crippen LogP contribution in [0, 0.1) is 0 Å². The van der Waals surface area contributed by atoms with Crippen LogP contribution < -0.4 is 5.32 Å². The summed E-state index contributed by atoms with van der Waals surface area (Å²) in [6, 6.07) is 7.70. The minimum atomic E-state index is -0.460. The van der Waals surface area contributed by atoms with Gasteiger partial charge in [-0.3, -0.25) is 4.79 Å². The van der Waals surface area contributed by atoms with Gasteiger partial charge in [-0.1, -0.05) is 57.3 Å². The van der Waals surface area contributed by atoms with Gasteiger partial charge in [-0.05, 0) is 30.5 Å². The number of amides is 1. The number of aromatic nitrogens is 1. The number of carbonyl (C=O) groups is 1. The summed E-state index contributed by atoms with van der Waals surface area (Å²) in [5.74, 6) is 0.0529. The van der Waals surface area contributed by atoms with E-state index < -0.39 is 5.41 Å². The Balaban J connectivity index is 1.85. The second-order valence-corrected chi connectivity index (χ2v) is 8.83. The highest BCUT2D eigenvalue weighted by Crippen LogP contribution is 2.42.